The topological polar surface area (TPSA) is 57.7 Å². The Balaban J connectivity index is 1.18. The van der Waals surface area contributed by atoms with Crippen LogP contribution in [0.1, 0.15) is 22.2 Å². The van der Waals surface area contributed by atoms with Crippen molar-refractivity contribution < 1.29 is 9.53 Å². The number of carbonyl (C=O) groups is 1. The largest absolute Gasteiger partial charge is 0.497 e. The molecule has 4 aromatic rings. The highest BCUT2D eigenvalue weighted by Gasteiger charge is 2.25. The molecule has 1 fully saturated rings. The second-order valence-electron chi connectivity index (χ2n) is 8.83. The fourth-order valence-corrected chi connectivity index (χ4v) is 5.31. The van der Waals surface area contributed by atoms with Gasteiger partial charge in [0.15, 0.2) is 0 Å². The average Bonchev–Trinajstić information content (AvgIpc) is 3.41. The maximum atomic E-state index is 13.2. The minimum atomic E-state index is -0.178. The number of benzene rings is 3. The molecule has 1 aliphatic rings. The highest BCUT2D eigenvalue weighted by atomic mass is 32.1. The number of amides is 2. The van der Waals surface area contributed by atoms with Gasteiger partial charge < -0.3 is 15.0 Å². The Bertz CT molecular complexity index is 1230. The van der Waals surface area contributed by atoms with E-state index in [0.29, 0.717) is 13.1 Å². The van der Waals surface area contributed by atoms with Gasteiger partial charge in [0.25, 0.3) is 0 Å². The van der Waals surface area contributed by atoms with E-state index >= 15 is 0 Å². The highest BCUT2D eigenvalue weighted by molar-refractivity contribution is 7.09. The number of ether oxygens (including phenoxy) is 1. The Morgan fingerprint density at radius 2 is 1.61 bits per heavy atom. The van der Waals surface area contributed by atoms with Crippen molar-refractivity contribution in [3.8, 4) is 17.0 Å². The van der Waals surface area contributed by atoms with Crippen LogP contribution in [0.2, 0.25) is 0 Å². The first-order valence-corrected chi connectivity index (χ1v) is 13.0. The molecule has 5 rings (SSSR count). The van der Waals surface area contributed by atoms with Gasteiger partial charge >= 0.3 is 6.03 Å². The summed E-state index contributed by atoms with van der Waals surface area (Å²) in [7, 11) is 1.68. The molecule has 184 valence electrons. The van der Waals surface area contributed by atoms with Crippen LogP contribution in [-0.4, -0.2) is 54.1 Å². The summed E-state index contributed by atoms with van der Waals surface area (Å²) in [6.07, 6.45) is 0. The van der Waals surface area contributed by atoms with Crippen molar-refractivity contribution in [2.75, 3.05) is 33.3 Å². The van der Waals surface area contributed by atoms with E-state index in [0.717, 1.165) is 52.8 Å². The molecule has 1 aromatic heterocycles. The van der Waals surface area contributed by atoms with Crippen LogP contribution in [0.25, 0.3) is 11.3 Å². The number of urea groups is 1. The molecule has 0 unspecified atom stereocenters. The molecule has 0 saturated carbocycles. The fourth-order valence-electron chi connectivity index (χ4n) is 4.46. The summed E-state index contributed by atoms with van der Waals surface area (Å²) in [5.41, 5.74) is 4.18. The van der Waals surface area contributed by atoms with Crippen LogP contribution >= 0.6 is 11.3 Å². The van der Waals surface area contributed by atoms with Gasteiger partial charge in [0.05, 0.1) is 25.4 Å². The van der Waals surface area contributed by atoms with Crippen molar-refractivity contribution in [2.45, 2.75) is 12.6 Å². The molecule has 0 radical (unpaired) electrons. The maximum absolute atomic E-state index is 13.2. The zero-order valence-electron chi connectivity index (χ0n) is 20.3. The molecule has 2 heterocycles. The molecule has 0 aliphatic carbocycles. The predicted octanol–water partition coefficient (Wildman–Crippen LogP) is 5.44. The van der Waals surface area contributed by atoms with Gasteiger partial charge in [-0.3, -0.25) is 4.90 Å². The molecule has 2 amide bonds. The second-order valence-corrected chi connectivity index (χ2v) is 9.77. The first-order valence-electron chi connectivity index (χ1n) is 12.2. The monoisotopic (exact) mass is 498 g/mol. The molecule has 1 saturated heterocycles. The number of carbonyl (C=O) groups excluding carboxylic acids is 1. The van der Waals surface area contributed by atoms with Crippen LogP contribution in [0, 0.1) is 0 Å². The summed E-state index contributed by atoms with van der Waals surface area (Å²) in [5, 5.41) is 6.44. The van der Waals surface area contributed by atoms with Crippen LogP contribution in [0.3, 0.4) is 0 Å². The molecule has 0 spiro atoms. The second kappa shape index (κ2) is 11.4. The summed E-state index contributed by atoms with van der Waals surface area (Å²) >= 11 is 1.68. The Kier molecular flexibility index (Phi) is 7.59. The summed E-state index contributed by atoms with van der Waals surface area (Å²) in [6, 6.07) is 28.0. The van der Waals surface area contributed by atoms with E-state index in [1.165, 1.54) is 0 Å². The number of thiazole rings is 1. The smallest absolute Gasteiger partial charge is 0.318 e. The number of hydrogen-bond donors (Lipinski definition) is 1. The van der Waals surface area contributed by atoms with Crippen molar-refractivity contribution in [3.05, 3.63) is 106 Å². The van der Waals surface area contributed by atoms with E-state index < -0.39 is 0 Å². The van der Waals surface area contributed by atoms with E-state index in [1.54, 1.807) is 18.4 Å². The molecular weight excluding hydrogens is 468 g/mol. The van der Waals surface area contributed by atoms with E-state index in [4.69, 9.17) is 9.72 Å². The number of aromatic nitrogens is 1. The SMILES string of the molecule is COc1cccc(-c2csc(CN3CCN(C(=O)NC(c4ccccc4)c4ccccc4)CC3)n2)c1. The van der Waals surface area contributed by atoms with Gasteiger partial charge in [-0.15, -0.1) is 11.3 Å². The van der Waals surface area contributed by atoms with Crippen LogP contribution in [0.5, 0.6) is 5.75 Å². The third kappa shape index (κ3) is 5.75. The predicted molar refractivity (Wildman–Crippen MR) is 144 cm³/mol. The fraction of sp³-hybridized carbons (Fsp3) is 0.241. The van der Waals surface area contributed by atoms with Crippen LogP contribution in [0.15, 0.2) is 90.3 Å². The van der Waals surface area contributed by atoms with Crippen molar-refractivity contribution in [1.82, 2.24) is 20.1 Å². The summed E-state index contributed by atoms with van der Waals surface area (Å²) in [4.78, 5) is 22.3. The lowest BCUT2D eigenvalue weighted by atomic mass is 9.99. The van der Waals surface area contributed by atoms with Crippen LogP contribution in [0.4, 0.5) is 4.79 Å². The molecule has 0 atom stereocenters. The summed E-state index contributed by atoms with van der Waals surface area (Å²) < 4.78 is 5.34. The third-order valence-electron chi connectivity index (χ3n) is 6.47. The molecule has 36 heavy (non-hydrogen) atoms. The molecule has 6 nitrogen and oxygen atoms in total. The molecular formula is C29H30N4O2S. The number of rotatable bonds is 7. The summed E-state index contributed by atoms with van der Waals surface area (Å²) in [6.45, 7) is 3.82. The number of nitrogens with one attached hydrogen (secondary N) is 1. The lowest BCUT2D eigenvalue weighted by molar-refractivity contribution is 0.134. The first-order chi connectivity index (χ1) is 17.7. The Labute approximate surface area is 216 Å². The zero-order chi connectivity index (χ0) is 24.7. The Morgan fingerprint density at radius 1 is 0.944 bits per heavy atom. The first kappa shape index (κ1) is 24.0. The molecule has 7 heteroatoms. The van der Waals surface area contributed by atoms with Crippen molar-refractivity contribution in [3.63, 3.8) is 0 Å². The molecule has 1 aliphatic heterocycles. The Hall–Kier alpha value is -3.68. The van der Waals surface area contributed by atoms with Gasteiger partial charge in [0.2, 0.25) is 0 Å². The third-order valence-corrected chi connectivity index (χ3v) is 7.30. The number of methoxy groups -OCH3 is 1. The van der Waals surface area contributed by atoms with Gasteiger partial charge in [-0.05, 0) is 23.3 Å². The van der Waals surface area contributed by atoms with E-state index in [2.05, 4.69) is 45.9 Å². The molecule has 0 bridgehead atoms. The van der Waals surface area contributed by atoms with Crippen molar-refractivity contribution >= 4 is 17.4 Å². The number of hydrogen-bond acceptors (Lipinski definition) is 5. The van der Waals surface area contributed by atoms with Gasteiger partial charge in [-0.1, -0.05) is 72.8 Å². The summed E-state index contributed by atoms with van der Waals surface area (Å²) in [5.74, 6) is 0.832. The highest BCUT2D eigenvalue weighted by Crippen LogP contribution is 2.26. The zero-order valence-corrected chi connectivity index (χ0v) is 21.2. The number of nitrogens with zero attached hydrogens (tertiary/aromatic N) is 3. The normalized spacial score (nSPS) is 14.1. The quantitative estimate of drug-likeness (QED) is 0.369. The Morgan fingerprint density at radius 3 is 2.25 bits per heavy atom. The van der Waals surface area contributed by atoms with Gasteiger partial charge in [-0.2, -0.15) is 0 Å². The van der Waals surface area contributed by atoms with Crippen LogP contribution in [-0.2, 0) is 6.54 Å². The van der Waals surface area contributed by atoms with Gasteiger partial charge in [0.1, 0.15) is 10.8 Å². The van der Waals surface area contributed by atoms with Crippen molar-refractivity contribution in [2.24, 2.45) is 0 Å². The van der Waals surface area contributed by atoms with E-state index in [1.807, 2.05) is 59.5 Å². The lowest BCUT2D eigenvalue weighted by Crippen LogP contribution is -2.52. The average molecular weight is 499 g/mol. The van der Waals surface area contributed by atoms with Gasteiger partial charge in [-0.25, -0.2) is 9.78 Å². The van der Waals surface area contributed by atoms with E-state index in [-0.39, 0.29) is 12.1 Å². The minimum absolute atomic E-state index is 0.0260. The maximum Gasteiger partial charge on any atom is 0.318 e. The minimum Gasteiger partial charge on any atom is -0.497 e. The lowest BCUT2D eigenvalue weighted by Gasteiger charge is -2.35. The standard InChI is InChI=1S/C29H30N4O2S/c1-35-25-14-8-13-24(19-25)26-21-36-27(30-26)20-32-15-17-33(18-16-32)29(34)31-28(22-9-4-2-5-10-22)23-11-6-3-7-12-23/h2-14,19,21,28H,15-18,20H2,1H3,(H,31,34). The molecule has 3 aromatic carbocycles. The van der Waals surface area contributed by atoms with Crippen molar-refractivity contribution in [1.29, 1.82) is 0 Å². The van der Waals surface area contributed by atoms with Crippen LogP contribution < -0.4 is 10.1 Å². The van der Waals surface area contributed by atoms with Gasteiger partial charge in [0, 0.05) is 37.1 Å². The van der Waals surface area contributed by atoms with E-state index in [9.17, 15) is 4.79 Å². The molecule has 1 N–H and O–H groups in total. The number of piperazine rings is 1.